The van der Waals surface area contributed by atoms with Crippen LogP contribution >= 0.6 is 0 Å². The molecule has 98 valence electrons. The van der Waals surface area contributed by atoms with Crippen LogP contribution in [0.3, 0.4) is 0 Å². The highest BCUT2D eigenvalue weighted by Gasteiger charge is 2.06. The van der Waals surface area contributed by atoms with Gasteiger partial charge in [0, 0.05) is 17.8 Å². The van der Waals surface area contributed by atoms with Crippen LogP contribution in [0.15, 0.2) is 42.5 Å². The van der Waals surface area contributed by atoms with Gasteiger partial charge in [-0.3, -0.25) is 4.79 Å². The molecule has 0 unspecified atom stereocenters. The molecule has 0 fully saturated rings. The third-order valence-corrected chi connectivity index (χ3v) is 3.27. The summed E-state index contributed by atoms with van der Waals surface area (Å²) in [5.74, 6) is -0.391. The van der Waals surface area contributed by atoms with E-state index in [9.17, 15) is 4.79 Å². The lowest BCUT2D eigenvalue weighted by molar-refractivity contribution is 0.0999. The number of benzene rings is 2. The van der Waals surface area contributed by atoms with Gasteiger partial charge in [0.1, 0.15) is 0 Å². The van der Waals surface area contributed by atoms with Gasteiger partial charge in [-0.2, -0.15) is 0 Å². The molecule has 3 heteroatoms. The van der Waals surface area contributed by atoms with Crippen molar-refractivity contribution in [1.29, 1.82) is 0 Å². The summed E-state index contributed by atoms with van der Waals surface area (Å²) >= 11 is 0. The minimum absolute atomic E-state index is 0.391. The number of amides is 1. The largest absolute Gasteiger partial charge is 0.381 e. The van der Waals surface area contributed by atoms with Gasteiger partial charge in [-0.1, -0.05) is 24.3 Å². The van der Waals surface area contributed by atoms with Gasteiger partial charge in [0.2, 0.25) is 5.91 Å². The number of primary amides is 1. The van der Waals surface area contributed by atoms with Crippen molar-refractivity contribution in [1.82, 2.24) is 0 Å². The fourth-order valence-electron chi connectivity index (χ4n) is 1.96. The first-order valence-electron chi connectivity index (χ1n) is 6.27. The Kier molecular flexibility index (Phi) is 3.85. The molecule has 0 heterocycles. The normalized spacial score (nSPS) is 10.2. The van der Waals surface area contributed by atoms with E-state index in [0.29, 0.717) is 12.1 Å². The van der Waals surface area contributed by atoms with Gasteiger partial charge in [0.15, 0.2) is 0 Å². The molecular formula is C16H18N2O. The van der Waals surface area contributed by atoms with Gasteiger partial charge >= 0.3 is 0 Å². The molecule has 0 bridgehead atoms. The second-order valence-electron chi connectivity index (χ2n) is 4.67. The summed E-state index contributed by atoms with van der Waals surface area (Å²) in [7, 11) is 0. The number of carbonyl (C=O) groups is 1. The van der Waals surface area contributed by atoms with E-state index < -0.39 is 5.91 Å². The standard InChI is InChI=1S/C16H18N2O/c1-11-7-8-14(9-12(11)2)18-10-13-5-3-4-6-15(13)16(17)19/h3-9,18H,10H2,1-2H3,(H2,17,19). The number of nitrogens with two attached hydrogens (primary N) is 1. The highest BCUT2D eigenvalue weighted by molar-refractivity contribution is 5.94. The molecule has 2 aromatic carbocycles. The maximum atomic E-state index is 11.3. The minimum atomic E-state index is -0.391. The van der Waals surface area contributed by atoms with E-state index >= 15 is 0 Å². The van der Waals surface area contributed by atoms with Crippen LogP contribution in [0.1, 0.15) is 27.0 Å². The zero-order valence-corrected chi connectivity index (χ0v) is 11.2. The fourth-order valence-corrected chi connectivity index (χ4v) is 1.96. The Morgan fingerprint density at radius 1 is 1.11 bits per heavy atom. The van der Waals surface area contributed by atoms with Crippen molar-refractivity contribution in [2.75, 3.05) is 5.32 Å². The number of rotatable bonds is 4. The Balaban J connectivity index is 2.14. The van der Waals surface area contributed by atoms with Crippen LogP contribution in [0.25, 0.3) is 0 Å². The molecule has 0 aliphatic rings. The molecule has 19 heavy (non-hydrogen) atoms. The fraction of sp³-hybridized carbons (Fsp3) is 0.188. The third kappa shape index (κ3) is 3.13. The monoisotopic (exact) mass is 254 g/mol. The molecule has 0 aromatic heterocycles. The van der Waals surface area contributed by atoms with Crippen LogP contribution in [0, 0.1) is 13.8 Å². The van der Waals surface area contributed by atoms with Gasteiger partial charge in [-0.25, -0.2) is 0 Å². The Morgan fingerprint density at radius 2 is 1.84 bits per heavy atom. The molecule has 0 atom stereocenters. The second kappa shape index (κ2) is 5.57. The van der Waals surface area contributed by atoms with Gasteiger partial charge in [0.25, 0.3) is 0 Å². The SMILES string of the molecule is Cc1ccc(NCc2ccccc2C(N)=O)cc1C. The number of carbonyl (C=O) groups excluding carboxylic acids is 1. The van der Waals surface area contributed by atoms with Gasteiger partial charge in [-0.05, 0) is 48.7 Å². The molecule has 0 radical (unpaired) electrons. The van der Waals surface area contributed by atoms with Crippen LogP contribution in [0.5, 0.6) is 0 Å². The summed E-state index contributed by atoms with van der Waals surface area (Å²) < 4.78 is 0. The van der Waals surface area contributed by atoms with Crippen molar-refractivity contribution in [3.8, 4) is 0 Å². The van der Waals surface area contributed by atoms with Crippen LogP contribution < -0.4 is 11.1 Å². The van der Waals surface area contributed by atoms with Crippen LogP contribution in [-0.4, -0.2) is 5.91 Å². The Morgan fingerprint density at radius 3 is 2.53 bits per heavy atom. The molecule has 0 saturated carbocycles. The Bertz CT molecular complexity index is 605. The van der Waals surface area contributed by atoms with E-state index in [1.54, 1.807) is 6.07 Å². The van der Waals surface area contributed by atoms with Gasteiger partial charge in [0.05, 0.1) is 0 Å². The average molecular weight is 254 g/mol. The number of hydrogen-bond acceptors (Lipinski definition) is 2. The molecule has 2 aromatic rings. The maximum Gasteiger partial charge on any atom is 0.249 e. The smallest absolute Gasteiger partial charge is 0.249 e. The molecule has 2 rings (SSSR count). The highest BCUT2D eigenvalue weighted by atomic mass is 16.1. The summed E-state index contributed by atoms with van der Waals surface area (Å²) in [6.45, 7) is 4.75. The van der Waals surface area contributed by atoms with Crippen molar-refractivity contribution in [3.05, 3.63) is 64.7 Å². The molecular weight excluding hydrogens is 236 g/mol. The first-order valence-corrected chi connectivity index (χ1v) is 6.27. The molecule has 0 aliphatic carbocycles. The summed E-state index contributed by atoms with van der Waals surface area (Å²) in [5, 5.41) is 3.32. The van der Waals surface area contributed by atoms with Crippen molar-refractivity contribution in [2.24, 2.45) is 5.73 Å². The predicted octanol–water partition coefficient (Wildman–Crippen LogP) is 3.01. The molecule has 1 amide bonds. The first kappa shape index (κ1) is 13.1. The van der Waals surface area contributed by atoms with E-state index in [2.05, 4.69) is 31.3 Å². The number of aryl methyl sites for hydroxylation is 2. The molecule has 0 aliphatic heterocycles. The number of hydrogen-bond donors (Lipinski definition) is 2. The zero-order valence-electron chi connectivity index (χ0n) is 11.2. The molecule has 3 N–H and O–H groups in total. The van der Waals surface area contributed by atoms with Gasteiger partial charge in [-0.15, -0.1) is 0 Å². The van der Waals surface area contributed by atoms with E-state index in [4.69, 9.17) is 5.73 Å². The van der Waals surface area contributed by atoms with E-state index in [1.165, 1.54) is 11.1 Å². The van der Waals surface area contributed by atoms with Crippen molar-refractivity contribution < 1.29 is 4.79 Å². The predicted molar refractivity (Wildman–Crippen MR) is 78.2 cm³/mol. The number of nitrogens with one attached hydrogen (secondary N) is 1. The van der Waals surface area contributed by atoms with Crippen LogP contribution in [0.4, 0.5) is 5.69 Å². The number of anilines is 1. The minimum Gasteiger partial charge on any atom is -0.381 e. The summed E-state index contributed by atoms with van der Waals surface area (Å²) in [5.41, 5.74) is 10.4. The molecule has 3 nitrogen and oxygen atoms in total. The molecule has 0 saturated heterocycles. The van der Waals surface area contributed by atoms with Crippen molar-refractivity contribution in [3.63, 3.8) is 0 Å². The van der Waals surface area contributed by atoms with Crippen LogP contribution in [-0.2, 0) is 6.54 Å². The second-order valence-corrected chi connectivity index (χ2v) is 4.67. The van der Waals surface area contributed by atoms with E-state index in [0.717, 1.165) is 11.3 Å². The van der Waals surface area contributed by atoms with E-state index in [-0.39, 0.29) is 0 Å². The lowest BCUT2D eigenvalue weighted by atomic mass is 10.1. The Labute approximate surface area is 113 Å². The topological polar surface area (TPSA) is 55.1 Å². The van der Waals surface area contributed by atoms with Crippen molar-refractivity contribution >= 4 is 11.6 Å². The zero-order chi connectivity index (χ0) is 13.8. The van der Waals surface area contributed by atoms with Gasteiger partial charge < -0.3 is 11.1 Å². The lowest BCUT2D eigenvalue weighted by Gasteiger charge is -2.11. The summed E-state index contributed by atoms with van der Waals surface area (Å²) in [6.07, 6.45) is 0. The molecule has 0 spiro atoms. The van der Waals surface area contributed by atoms with Crippen molar-refractivity contribution in [2.45, 2.75) is 20.4 Å². The summed E-state index contributed by atoms with van der Waals surface area (Å²) in [4.78, 5) is 11.3. The first-order chi connectivity index (χ1) is 9.08. The van der Waals surface area contributed by atoms with E-state index in [1.807, 2.05) is 24.3 Å². The quantitative estimate of drug-likeness (QED) is 0.881. The average Bonchev–Trinajstić information content (AvgIpc) is 2.40. The third-order valence-electron chi connectivity index (χ3n) is 3.27. The maximum absolute atomic E-state index is 11.3. The van der Waals surface area contributed by atoms with Crippen LogP contribution in [0.2, 0.25) is 0 Å². The Hall–Kier alpha value is -2.29. The lowest BCUT2D eigenvalue weighted by Crippen LogP contribution is -2.15. The highest BCUT2D eigenvalue weighted by Crippen LogP contribution is 2.16. The summed E-state index contributed by atoms with van der Waals surface area (Å²) in [6, 6.07) is 13.6.